The molecule has 2 rings (SSSR count). The lowest BCUT2D eigenvalue weighted by Gasteiger charge is -2.42. The zero-order valence-corrected chi connectivity index (χ0v) is 18.4. The lowest BCUT2D eigenvalue weighted by atomic mass is 9.97. The monoisotopic (exact) mass is 419 g/mol. The van der Waals surface area contributed by atoms with Crippen LogP contribution in [0.2, 0.25) is 0 Å². The minimum absolute atomic E-state index is 0.0994. The Labute approximate surface area is 172 Å². The molecular formula is C20H35F2N3O4. The fourth-order valence-electron chi connectivity index (χ4n) is 3.47. The molecule has 2 fully saturated rings. The van der Waals surface area contributed by atoms with E-state index in [2.05, 4.69) is 5.32 Å². The first-order valence-corrected chi connectivity index (χ1v) is 10.3. The van der Waals surface area contributed by atoms with Gasteiger partial charge in [0.15, 0.2) is 0 Å². The first-order valence-electron chi connectivity index (χ1n) is 10.3. The van der Waals surface area contributed by atoms with Crippen LogP contribution >= 0.6 is 0 Å². The van der Waals surface area contributed by atoms with Crippen molar-refractivity contribution in [2.75, 3.05) is 26.2 Å². The highest BCUT2D eigenvalue weighted by atomic mass is 19.3. The number of ether oxygens (including phenoxy) is 2. The van der Waals surface area contributed by atoms with E-state index < -0.39 is 35.8 Å². The molecule has 0 spiro atoms. The fourth-order valence-corrected chi connectivity index (χ4v) is 3.47. The highest BCUT2D eigenvalue weighted by molar-refractivity contribution is 5.68. The number of nitrogens with one attached hydrogen (secondary N) is 1. The third-order valence-electron chi connectivity index (χ3n) is 4.83. The fraction of sp³-hybridized carbons (Fsp3) is 0.900. The van der Waals surface area contributed by atoms with E-state index in [4.69, 9.17) is 9.47 Å². The van der Waals surface area contributed by atoms with Crippen LogP contribution in [0.1, 0.15) is 60.8 Å². The number of amides is 2. The Morgan fingerprint density at radius 1 is 0.862 bits per heavy atom. The van der Waals surface area contributed by atoms with Crippen molar-refractivity contribution in [1.29, 1.82) is 0 Å². The molecule has 1 atom stereocenters. The lowest BCUT2D eigenvalue weighted by molar-refractivity contribution is -0.0949. The molecule has 2 aliphatic heterocycles. The number of alkyl halides is 2. The van der Waals surface area contributed by atoms with Gasteiger partial charge in [0, 0.05) is 25.7 Å². The van der Waals surface area contributed by atoms with Crippen LogP contribution in [0, 0.1) is 0 Å². The molecule has 0 bridgehead atoms. The number of likely N-dealkylation sites (tertiary alicyclic amines) is 2. The summed E-state index contributed by atoms with van der Waals surface area (Å²) in [5.41, 5.74) is -1.28. The predicted octanol–water partition coefficient (Wildman–Crippen LogP) is 3.62. The Bertz CT molecular complexity index is 594. The molecule has 168 valence electrons. The highest BCUT2D eigenvalue weighted by Crippen LogP contribution is 2.30. The van der Waals surface area contributed by atoms with Crippen molar-refractivity contribution in [3.8, 4) is 0 Å². The number of hydrogen-bond donors (Lipinski definition) is 1. The van der Waals surface area contributed by atoms with Crippen molar-refractivity contribution in [3.05, 3.63) is 0 Å². The Hall–Kier alpha value is -1.64. The summed E-state index contributed by atoms with van der Waals surface area (Å²) in [4.78, 5) is 26.9. The van der Waals surface area contributed by atoms with Crippen molar-refractivity contribution < 1.29 is 27.8 Å². The maximum atomic E-state index is 14.7. The van der Waals surface area contributed by atoms with Gasteiger partial charge >= 0.3 is 12.2 Å². The van der Waals surface area contributed by atoms with Crippen molar-refractivity contribution in [2.45, 2.75) is 90.0 Å². The summed E-state index contributed by atoms with van der Waals surface area (Å²) in [6.07, 6.45) is 0.245. The summed E-state index contributed by atoms with van der Waals surface area (Å²) in [7, 11) is 0. The number of nitrogens with zero attached hydrogens (tertiary/aromatic N) is 2. The number of piperidine rings is 2. The van der Waals surface area contributed by atoms with E-state index >= 15 is 0 Å². The predicted molar refractivity (Wildman–Crippen MR) is 105 cm³/mol. The van der Waals surface area contributed by atoms with Crippen molar-refractivity contribution in [3.63, 3.8) is 0 Å². The quantitative estimate of drug-likeness (QED) is 0.740. The van der Waals surface area contributed by atoms with Gasteiger partial charge in [0.05, 0.1) is 12.6 Å². The van der Waals surface area contributed by atoms with E-state index in [0.717, 1.165) is 4.90 Å². The van der Waals surface area contributed by atoms with E-state index in [1.54, 1.807) is 25.7 Å². The molecule has 2 amide bonds. The van der Waals surface area contributed by atoms with Crippen LogP contribution in [-0.4, -0.2) is 77.4 Å². The average molecular weight is 420 g/mol. The van der Waals surface area contributed by atoms with Gasteiger partial charge in [-0.15, -0.1) is 0 Å². The smallest absolute Gasteiger partial charge is 0.410 e. The molecule has 0 aromatic carbocycles. The van der Waals surface area contributed by atoms with Crippen LogP contribution in [-0.2, 0) is 9.47 Å². The summed E-state index contributed by atoms with van der Waals surface area (Å²) in [5.74, 6) is -3.04. The minimum Gasteiger partial charge on any atom is -0.444 e. The average Bonchev–Trinajstić information content (AvgIpc) is 2.53. The van der Waals surface area contributed by atoms with Gasteiger partial charge in [0.25, 0.3) is 5.92 Å². The highest BCUT2D eigenvalue weighted by Gasteiger charge is 2.47. The number of rotatable bonds is 2. The van der Waals surface area contributed by atoms with Crippen LogP contribution in [0.15, 0.2) is 0 Å². The largest absolute Gasteiger partial charge is 0.444 e. The van der Waals surface area contributed by atoms with E-state index in [1.165, 1.54) is 0 Å². The number of carbonyl (C=O) groups excluding carboxylic acids is 2. The third kappa shape index (κ3) is 7.28. The topological polar surface area (TPSA) is 71.1 Å². The summed E-state index contributed by atoms with van der Waals surface area (Å²) >= 11 is 0. The molecule has 0 radical (unpaired) electrons. The van der Waals surface area contributed by atoms with Gasteiger partial charge in [-0.05, 0) is 60.8 Å². The number of halogens is 2. The molecule has 1 N–H and O–H groups in total. The second-order valence-corrected chi connectivity index (χ2v) is 9.91. The standard InChI is InChI=1S/C20H35F2N3O4/c1-18(2,3)28-16(26)24-10-7-14(8-11-24)23-15-9-12-25(13-20(15,21)22)17(27)29-19(4,5)6/h14-15,23H,7-13H2,1-6H3/t15-/m1/s1. The molecular weight excluding hydrogens is 384 g/mol. The maximum absolute atomic E-state index is 14.7. The van der Waals surface area contributed by atoms with E-state index in [9.17, 15) is 18.4 Å². The molecule has 0 aromatic heterocycles. The second kappa shape index (κ2) is 8.62. The van der Waals surface area contributed by atoms with E-state index in [1.807, 2.05) is 20.8 Å². The van der Waals surface area contributed by atoms with Gasteiger partial charge in [-0.2, -0.15) is 0 Å². The second-order valence-electron chi connectivity index (χ2n) is 9.91. The van der Waals surface area contributed by atoms with Crippen LogP contribution in [0.5, 0.6) is 0 Å². The Kier molecular flexibility index (Phi) is 7.02. The summed E-state index contributed by atoms with van der Waals surface area (Å²) in [6, 6.07) is -1.10. The first kappa shape index (κ1) is 23.6. The molecule has 0 saturated carbocycles. The SMILES string of the molecule is CC(C)(C)OC(=O)N1CCC(N[C@@H]2CCN(C(=O)OC(C)(C)C)CC2(F)F)CC1. The van der Waals surface area contributed by atoms with Gasteiger partial charge in [-0.25, -0.2) is 18.4 Å². The third-order valence-corrected chi connectivity index (χ3v) is 4.83. The van der Waals surface area contributed by atoms with Gasteiger partial charge in [-0.1, -0.05) is 0 Å². The van der Waals surface area contributed by atoms with Crippen LogP contribution in [0.25, 0.3) is 0 Å². The van der Waals surface area contributed by atoms with Crippen LogP contribution in [0.3, 0.4) is 0 Å². The van der Waals surface area contributed by atoms with Crippen LogP contribution < -0.4 is 5.32 Å². The van der Waals surface area contributed by atoms with Gasteiger partial charge in [0.2, 0.25) is 0 Å². The number of hydrogen-bond acceptors (Lipinski definition) is 5. The molecule has 2 aliphatic rings. The van der Waals surface area contributed by atoms with Crippen molar-refractivity contribution >= 4 is 12.2 Å². The van der Waals surface area contributed by atoms with Gasteiger partial charge in [-0.3, -0.25) is 0 Å². The Balaban J connectivity index is 1.83. The minimum atomic E-state index is -3.04. The van der Waals surface area contributed by atoms with E-state index in [0.29, 0.717) is 25.9 Å². The molecule has 2 saturated heterocycles. The first-order chi connectivity index (χ1) is 13.2. The molecule has 0 unspecified atom stereocenters. The summed E-state index contributed by atoms with van der Waals surface area (Å²) < 4.78 is 39.9. The maximum Gasteiger partial charge on any atom is 0.410 e. The van der Waals surface area contributed by atoms with E-state index in [-0.39, 0.29) is 25.1 Å². The summed E-state index contributed by atoms with van der Waals surface area (Å²) in [5, 5.41) is 3.06. The molecule has 9 heteroatoms. The zero-order valence-electron chi connectivity index (χ0n) is 18.4. The number of carbonyl (C=O) groups is 2. The van der Waals surface area contributed by atoms with Gasteiger partial charge < -0.3 is 24.6 Å². The zero-order chi connectivity index (χ0) is 22.0. The molecule has 7 nitrogen and oxygen atoms in total. The normalized spacial score (nSPS) is 23.7. The lowest BCUT2D eigenvalue weighted by Crippen LogP contribution is -2.61. The van der Waals surface area contributed by atoms with Crippen molar-refractivity contribution in [1.82, 2.24) is 15.1 Å². The Morgan fingerprint density at radius 3 is 1.76 bits per heavy atom. The molecule has 2 heterocycles. The van der Waals surface area contributed by atoms with Crippen molar-refractivity contribution in [2.24, 2.45) is 0 Å². The molecule has 29 heavy (non-hydrogen) atoms. The molecule has 0 aromatic rings. The Morgan fingerprint density at radius 2 is 1.31 bits per heavy atom. The summed E-state index contributed by atoms with van der Waals surface area (Å²) in [6.45, 7) is 11.1. The van der Waals surface area contributed by atoms with Crippen LogP contribution in [0.4, 0.5) is 18.4 Å². The molecule has 0 aliphatic carbocycles. The van der Waals surface area contributed by atoms with Gasteiger partial charge in [0.1, 0.15) is 11.2 Å².